The zero-order chi connectivity index (χ0) is 22.5. The molecule has 168 valence electrons. The fourth-order valence-corrected chi connectivity index (χ4v) is 4.18. The Labute approximate surface area is 186 Å². The van der Waals surface area contributed by atoms with Crippen LogP contribution in [-0.2, 0) is 11.2 Å². The van der Waals surface area contributed by atoms with Crippen molar-refractivity contribution in [2.24, 2.45) is 0 Å². The van der Waals surface area contributed by atoms with Crippen LogP contribution in [0, 0.1) is 5.82 Å². The number of carbonyl (C=O) groups excluding carboxylic acids is 1. The molecule has 2 heterocycles. The standard InChI is InChI=1S/C25H27FN2O4/c1-30-22-12-7-17(14-24(22)31-2)15-25(29)28-13-5-3-4-6-21(28)20-16-23(32-27-20)18-8-10-19(26)11-9-18/h7-12,14,16,21H,3-6,13,15H2,1-2H3. The SMILES string of the molecule is COc1ccc(CC(=O)N2CCCCCC2c2cc(-c3ccc(F)cc3)on2)cc1OC. The normalized spacial score (nSPS) is 16.5. The molecule has 0 N–H and O–H groups in total. The van der Waals surface area contributed by atoms with Crippen LogP contribution in [0.2, 0.25) is 0 Å². The molecule has 1 atom stereocenters. The lowest BCUT2D eigenvalue weighted by Gasteiger charge is -2.28. The molecule has 0 spiro atoms. The Hall–Kier alpha value is -3.35. The number of nitrogens with zero attached hydrogens (tertiary/aromatic N) is 2. The van der Waals surface area contributed by atoms with Gasteiger partial charge in [0.15, 0.2) is 17.3 Å². The van der Waals surface area contributed by atoms with Crippen molar-refractivity contribution in [3.05, 3.63) is 65.6 Å². The van der Waals surface area contributed by atoms with Crippen molar-refractivity contribution >= 4 is 5.91 Å². The van der Waals surface area contributed by atoms with E-state index in [1.54, 1.807) is 26.4 Å². The third-order valence-electron chi connectivity index (χ3n) is 5.87. The van der Waals surface area contributed by atoms with Gasteiger partial charge in [-0.3, -0.25) is 4.79 Å². The van der Waals surface area contributed by atoms with E-state index in [0.717, 1.165) is 42.5 Å². The maximum absolute atomic E-state index is 13.3. The second-order valence-electron chi connectivity index (χ2n) is 7.94. The van der Waals surface area contributed by atoms with Crippen LogP contribution in [0.5, 0.6) is 11.5 Å². The minimum absolute atomic E-state index is 0.0375. The van der Waals surface area contributed by atoms with Crippen LogP contribution < -0.4 is 9.47 Å². The summed E-state index contributed by atoms with van der Waals surface area (Å²) in [6.45, 7) is 0.676. The quantitative estimate of drug-likeness (QED) is 0.530. The van der Waals surface area contributed by atoms with Gasteiger partial charge in [0.2, 0.25) is 5.91 Å². The van der Waals surface area contributed by atoms with Gasteiger partial charge in [-0.2, -0.15) is 0 Å². The Kier molecular flexibility index (Phi) is 6.73. The third kappa shape index (κ3) is 4.77. The zero-order valence-electron chi connectivity index (χ0n) is 18.3. The van der Waals surface area contributed by atoms with E-state index in [1.165, 1.54) is 12.1 Å². The lowest BCUT2D eigenvalue weighted by Crippen LogP contribution is -2.36. The van der Waals surface area contributed by atoms with Gasteiger partial charge < -0.3 is 18.9 Å². The fourth-order valence-electron chi connectivity index (χ4n) is 4.18. The molecule has 1 unspecified atom stereocenters. The molecule has 7 heteroatoms. The molecule has 0 aliphatic carbocycles. The fraction of sp³-hybridized carbons (Fsp3) is 0.360. The van der Waals surface area contributed by atoms with E-state index < -0.39 is 0 Å². The van der Waals surface area contributed by atoms with Crippen molar-refractivity contribution in [3.8, 4) is 22.8 Å². The van der Waals surface area contributed by atoms with E-state index in [2.05, 4.69) is 5.16 Å². The summed E-state index contributed by atoms with van der Waals surface area (Å²) >= 11 is 0. The molecule has 32 heavy (non-hydrogen) atoms. The maximum atomic E-state index is 13.3. The number of halogens is 1. The van der Waals surface area contributed by atoms with E-state index in [1.807, 2.05) is 29.2 Å². The van der Waals surface area contributed by atoms with Crippen molar-refractivity contribution < 1.29 is 23.2 Å². The van der Waals surface area contributed by atoms with Crippen LogP contribution in [0.15, 0.2) is 53.1 Å². The van der Waals surface area contributed by atoms with Crippen molar-refractivity contribution in [1.82, 2.24) is 10.1 Å². The van der Waals surface area contributed by atoms with Gasteiger partial charge in [-0.25, -0.2) is 4.39 Å². The number of methoxy groups -OCH3 is 2. The van der Waals surface area contributed by atoms with Crippen LogP contribution in [-0.4, -0.2) is 36.7 Å². The van der Waals surface area contributed by atoms with Gasteiger partial charge >= 0.3 is 0 Å². The minimum Gasteiger partial charge on any atom is -0.493 e. The maximum Gasteiger partial charge on any atom is 0.227 e. The molecule has 0 saturated carbocycles. The van der Waals surface area contributed by atoms with Crippen molar-refractivity contribution in [3.63, 3.8) is 0 Å². The van der Waals surface area contributed by atoms with Gasteiger partial charge in [0, 0.05) is 18.2 Å². The average Bonchev–Trinajstić information content (AvgIpc) is 3.16. The molecule has 1 amide bonds. The van der Waals surface area contributed by atoms with Gasteiger partial charge in [0.05, 0.1) is 26.7 Å². The Morgan fingerprint density at radius 1 is 1.06 bits per heavy atom. The number of likely N-dealkylation sites (tertiary alicyclic amines) is 1. The number of carbonyl (C=O) groups is 1. The van der Waals surface area contributed by atoms with Gasteiger partial charge in [-0.15, -0.1) is 0 Å². The molecular formula is C25H27FN2O4. The number of hydrogen-bond donors (Lipinski definition) is 0. The minimum atomic E-state index is -0.302. The average molecular weight is 438 g/mol. The molecule has 6 nitrogen and oxygen atoms in total. The molecule has 0 radical (unpaired) electrons. The summed E-state index contributed by atoms with van der Waals surface area (Å²) in [7, 11) is 3.17. The van der Waals surface area contributed by atoms with E-state index >= 15 is 0 Å². The van der Waals surface area contributed by atoms with Gasteiger partial charge in [0.25, 0.3) is 0 Å². The zero-order valence-corrected chi connectivity index (χ0v) is 18.3. The Morgan fingerprint density at radius 3 is 2.59 bits per heavy atom. The first-order valence-electron chi connectivity index (χ1n) is 10.8. The first-order valence-corrected chi connectivity index (χ1v) is 10.8. The molecule has 4 rings (SSSR count). The van der Waals surface area contributed by atoms with Crippen molar-refractivity contribution in [2.45, 2.75) is 38.1 Å². The number of hydrogen-bond acceptors (Lipinski definition) is 5. The van der Waals surface area contributed by atoms with Gasteiger partial charge in [-0.1, -0.05) is 24.1 Å². The van der Waals surface area contributed by atoms with Crippen LogP contribution in [0.3, 0.4) is 0 Å². The smallest absolute Gasteiger partial charge is 0.227 e. The summed E-state index contributed by atoms with van der Waals surface area (Å²) in [5, 5.41) is 4.27. The highest BCUT2D eigenvalue weighted by Crippen LogP contribution is 2.33. The summed E-state index contributed by atoms with van der Waals surface area (Å²) in [6.07, 6.45) is 4.13. The van der Waals surface area contributed by atoms with Crippen LogP contribution in [0.25, 0.3) is 11.3 Å². The van der Waals surface area contributed by atoms with Crippen molar-refractivity contribution in [2.75, 3.05) is 20.8 Å². The number of rotatable bonds is 6. The summed E-state index contributed by atoms with van der Waals surface area (Å²) < 4.78 is 29.5. The Balaban J connectivity index is 1.55. The first-order chi connectivity index (χ1) is 15.6. The number of ether oxygens (including phenoxy) is 2. The molecule has 1 aliphatic rings. The molecular weight excluding hydrogens is 411 g/mol. The number of amides is 1. The topological polar surface area (TPSA) is 64.8 Å². The highest BCUT2D eigenvalue weighted by atomic mass is 19.1. The lowest BCUT2D eigenvalue weighted by atomic mass is 10.0. The van der Waals surface area contributed by atoms with Gasteiger partial charge in [-0.05, 0) is 54.8 Å². The van der Waals surface area contributed by atoms with E-state index in [4.69, 9.17) is 14.0 Å². The van der Waals surface area contributed by atoms with Crippen LogP contribution in [0.1, 0.15) is 43.0 Å². The van der Waals surface area contributed by atoms with E-state index in [9.17, 15) is 9.18 Å². The highest BCUT2D eigenvalue weighted by Gasteiger charge is 2.29. The molecule has 1 aliphatic heterocycles. The number of aromatic nitrogens is 1. The van der Waals surface area contributed by atoms with E-state index in [-0.39, 0.29) is 24.2 Å². The van der Waals surface area contributed by atoms with Gasteiger partial charge in [0.1, 0.15) is 11.5 Å². The molecule has 1 aromatic heterocycles. The third-order valence-corrected chi connectivity index (χ3v) is 5.87. The molecule has 0 bridgehead atoms. The highest BCUT2D eigenvalue weighted by molar-refractivity contribution is 5.79. The summed E-state index contributed by atoms with van der Waals surface area (Å²) in [5.41, 5.74) is 2.34. The molecule has 1 saturated heterocycles. The molecule has 3 aromatic rings. The number of benzene rings is 2. The predicted molar refractivity (Wildman–Crippen MR) is 118 cm³/mol. The van der Waals surface area contributed by atoms with Crippen molar-refractivity contribution in [1.29, 1.82) is 0 Å². The first kappa shape index (κ1) is 21.9. The predicted octanol–water partition coefficient (Wildman–Crippen LogP) is 5.18. The largest absolute Gasteiger partial charge is 0.493 e. The summed E-state index contributed by atoms with van der Waals surface area (Å²) in [6, 6.07) is 13.3. The van der Waals surface area contributed by atoms with Crippen LogP contribution >= 0.6 is 0 Å². The lowest BCUT2D eigenvalue weighted by molar-refractivity contribution is -0.133. The molecule has 1 fully saturated rings. The Bertz CT molecular complexity index is 1060. The summed E-state index contributed by atoms with van der Waals surface area (Å²) in [5.74, 6) is 1.54. The summed E-state index contributed by atoms with van der Waals surface area (Å²) in [4.78, 5) is 15.2. The molecule has 2 aromatic carbocycles. The van der Waals surface area contributed by atoms with E-state index in [0.29, 0.717) is 23.8 Å². The van der Waals surface area contributed by atoms with Crippen LogP contribution in [0.4, 0.5) is 4.39 Å². The monoisotopic (exact) mass is 438 g/mol. The Morgan fingerprint density at radius 2 is 1.84 bits per heavy atom. The second-order valence-corrected chi connectivity index (χ2v) is 7.94. The second kappa shape index (κ2) is 9.85.